The number of carboxylic acids is 1. The van der Waals surface area contributed by atoms with Crippen LogP contribution in [0.15, 0.2) is 12.4 Å². The molecule has 0 amide bonds. The molecule has 2 rings (SSSR count). The molecule has 0 spiro atoms. The minimum Gasteiger partial charge on any atom is -0.480 e. The van der Waals surface area contributed by atoms with Crippen molar-refractivity contribution in [2.45, 2.75) is 38.8 Å². The van der Waals surface area contributed by atoms with Crippen molar-refractivity contribution in [3.05, 3.63) is 18.1 Å². The van der Waals surface area contributed by atoms with Crippen LogP contribution in [0.3, 0.4) is 0 Å². The van der Waals surface area contributed by atoms with Crippen molar-refractivity contribution >= 4 is 11.8 Å². The molecule has 0 saturated heterocycles. The molecule has 1 aromatic heterocycles. The molecule has 0 radical (unpaired) electrons. The number of hydrogen-bond donors (Lipinski definition) is 2. The van der Waals surface area contributed by atoms with Crippen LogP contribution in [-0.4, -0.2) is 51.1 Å². The van der Waals surface area contributed by atoms with Crippen LogP contribution in [0.1, 0.15) is 25.5 Å². The Balaban J connectivity index is 1.81. The Morgan fingerprint density at radius 2 is 2.26 bits per heavy atom. The minimum atomic E-state index is -0.760. The summed E-state index contributed by atoms with van der Waals surface area (Å²) in [7, 11) is 0. The number of rotatable bonds is 6. The summed E-state index contributed by atoms with van der Waals surface area (Å²) in [4.78, 5) is 21.0. The lowest BCUT2D eigenvalue weighted by Gasteiger charge is -2.42. The van der Waals surface area contributed by atoms with Crippen molar-refractivity contribution in [2.75, 3.05) is 18.4 Å². The summed E-state index contributed by atoms with van der Waals surface area (Å²) < 4.78 is 0. The minimum absolute atomic E-state index is 0.125. The number of nitrogens with zero attached hydrogens (tertiary/aromatic N) is 3. The van der Waals surface area contributed by atoms with Gasteiger partial charge in [-0.05, 0) is 26.3 Å². The van der Waals surface area contributed by atoms with Gasteiger partial charge in [-0.25, -0.2) is 9.97 Å². The number of hydrogen-bond acceptors (Lipinski definition) is 5. The number of aliphatic carboxylic acids is 1. The molecule has 6 heteroatoms. The molecule has 0 bridgehead atoms. The molecule has 0 unspecified atom stereocenters. The Hall–Kier alpha value is -1.69. The van der Waals surface area contributed by atoms with Crippen molar-refractivity contribution in [3.8, 4) is 0 Å². The van der Waals surface area contributed by atoms with Crippen LogP contribution >= 0.6 is 0 Å². The first kappa shape index (κ1) is 13.7. The van der Waals surface area contributed by atoms with Gasteiger partial charge in [0.05, 0.1) is 6.54 Å². The first-order chi connectivity index (χ1) is 9.08. The Morgan fingerprint density at radius 1 is 1.53 bits per heavy atom. The third-order valence-corrected chi connectivity index (χ3v) is 3.53. The molecule has 1 aliphatic carbocycles. The van der Waals surface area contributed by atoms with E-state index in [2.05, 4.69) is 15.3 Å². The number of aryl methyl sites for hydroxylation is 1. The van der Waals surface area contributed by atoms with Crippen LogP contribution in [0.25, 0.3) is 0 Å². The Morgan fingerprint density at radius 3 is 2.84 bits per heavy atom. The second-order valence-corrected chi connectivity index (χ2v) is 4.97. The number of carbonyl (C=O) groups is 1. The van der Waals surface area contributed by atoms with E-state index in [0.29, 0.717) is 12.1 Å². The fraction of sp³-hybridized carbons (Fsp3) is 0.615. The molecule has 1 aromatic rings. The van der Waals surface area contributed by atoms with Crippen molar-refractivity contribution in [2.24, 2.45) is 0 Å². The van der Waals surface area contributed by atoms with Crippen LogP contribution in [-0.2, 0) is 4.79 Å². The highest BCUT2D eigenvalue weighted by Gasteiger charge is 2.33. The third-order valence-electron chi connectivity index (χ3n) is 3.53. The first-order valence-corrected chi connectivity index (χ1v) is 6.59. The van der Waals surface area contributed by atoms with Crippen LogP contribution in [0.5, 0.6) is 0 Å². The van der Waals surface area contributed by atoms with E-state index in [1.807, 2.05) is 24.8 Å². The van der Waals surface area contributed by atoms with Crippen molar-refractivity contribution in [1.82, 2.24) is 14.9 Å². The van der Waals surface area contributed by atoms with Crippen LogP contribution in [0.2, 0.25) is 0 Å². The predicted molar refractivity (Wildman–Crippen MR) is 72.1 cm³/mol. The lowest BCUT2D eigenvalue weighted by atomic mass is 9.85. The van der Waals surface area contributed by atoms with E-state index in [4.69, 9.17) is 5.11 Å². The van der Waals surface area contributed by atoms with Gasteiger partial charge in [-0.2, -0.15) is 0 Å². The predicted octanol–water partition coefficient (Wildman–Crippen LogP) is 1.13. The van der Waals surface area contributed by atoms with Gasteiger partial charge in [0.1, 0.15) is 12.1 Å². The summed E-state index contributed by atoms with van der Waals surface area (Å²) >= 11 is 0. The largest absolute Gasteiger partial charge is 0.480 e. The van der Waals surface area contributed by atoms with Gasteiger partial charge in [0.2, 0.25) is 0 Å². The molecule has 1 heterocycles. The van der Waals surface area contributed by atoms with E-state index in [0.717, 1.165) is 30.9 Å². The van der Waals surface area contributed by atoms with E-state index < -0.39 is 5.97 Å². The van der Waals surface area contributed by atoms with Gasteiger partial charge in [-0.3, -0.25) is 9.69 Å². The smallest absolute Gasteiger partial charge is 0.317 e. The normalized spacial score (nSPS) is 22.1. The third kappa shape index (κ3) is 3.64. The molecule has 6 nitrogen and oxygen atoms in total. The standard InChI is InChI=1S/C13H20N4O2/c1-3-17(7-13(18)19)11-5-10(6-11)16-12-4-9(2)14-8-15-12/h4,8,10-11H,3,5-7H2,1-2H3,(H,18,19)(H,14,15,16). The van der Waals surface area contributed by atoms with Crippen LogP contribution in [0.4, 0.5) is 5.82 Å². The lowest BCUT2D eigenvalue weighted by Crippen LogP contribution is -2.51. The highest BCUT2D eigenvalue weighted by Crippen LogP contribution is 2.28. The molecule has 1 fully saturated rings. The average Bonchev–Trinajstić information content (AvgIpc) is 2.30. The van der Waals surface area contributed by atoms with Gasteiger partial charge in [0.15, 0.2) is 0 Å². The molecular formula is C13H20N4O2. The number of anilines is 1. The maximum Gasteiger partial charge on any atom is 0.317 e. The van der Waals surface area contributed by atoms with Gasteiger partial charge in [0.25, 0.3) is 0 Å². The lowest BCUT2D eigenvalue weighted by molar-refractivity contribution is -0.139. The van der Waals surface area contributed by atoms with Gasteiger partial charge in [0, 0.05) is 23.8 Å². The summed E-state index contributed by atoms with van der Waals surface area (Å²) in [6.45, 7) is 4.83. The van der Waals surface area contributed by atoms with E-state index in [1.165, 1.54) is 0 Å². The Kier molecular flexibility index (Phi) is 4.31. The number of nitrogens with one attached hydrogen (secondary N) is 1. The fourth-order valence-corrected chi connectivity index (χ4v) is 2.42. The van der Waals surface area contributed by atoms with E-state index in [1.54, 1.807) is 6.33 Å². The van der Waals surface area contributed by atoms with E-state index in [-0.39, 0.29) is 6.54 Å². The fourth-order valence-electron chi connectivity index (χ4n) is 2.42. The van der Waals surface area contributed by atoms with Gasteiger partial charge < -0.3 is 10.4 Å². The zero-order valence-electron chi connectivity index (χ0n) is 11.3. The van der Waals surface area contributed by atoms with Gasteiger partial charge in [-0.15, -0.1) is 0 Å². The number of likely N-dealkylation sites (N-methyl/N-ethyl adjacent to an activating group) is 1. The quantitative estimate of drug-likeness (QED) is 0.802. The van der Waals surface area contributed by atoms with Crippen LogP contribution in [0, 0.1) is 6.92 Å². The molecular weight excluding hydrogens is 244 g/mol. The molecule has 1 aliphatic rings. The van der Waals surface area contributed by atoms with E-state index >= 15 is 0 Å². The number of aromatic nitrogens is 2. The molecule has 0 aliphatic heterocycles. The second-order valence-electron chi connectivity index (χ2n) is 4.97. The van der Waals surface area contributed by atoms with E-state index in [9.17, 15) is 4.79 Å². The highest BCUT2D eigenvalue weighted by molar-refractivity contribution is 5.69. The summed E-state index contributed by atoms with van der Waals surface area (Å²) in [5.74, 6) is 0.0851. The Bertz CT molecular complexity index is 446. The molecule has 2 N–H and O–H groups in total. The second kappa shape index (κ2) is 5.97. The molecule has 0 atom stereocenters. The van der Waals surface area contributed by atoms with Crippen molar-refractivity contribution in [3.63, 3.8) is 0 Å². The van der Waals surface area contributed by atoms with Gasteiger partial charge in [-0.1, -0.05) is 6.92 Å². The molecule has 0 aromatic carbocycles. The maximum atomic E-state index is 10.7. The highest BCUT2D eigenvalue weighted by atomic mass is 16.4. The maximum absolute atomic E-state index is 10.7. The summed E-state index contributed by atoms with van der Waals surface area (Å²) in [6, 6.07) is 2.66. The SMILES string of the molecule is CCN(CC(=O)O)C1CC(Nc2cc(C)ncn2)C1. The Labute approximate surface area is 112 Å². The zero-order chi connectivity index (χ0) is 13.8. The monoisotopic (exact) mass is 264 g/mol. The molecule has 1 saturated carbocycles. The molecule has 104 valence electrons. The van der Waals surface area contributed by atoms with Crippen LogP contribution < -0.4 is 5.32 Å². The summed E-state index contributed by atoms with van der Waals surface area (Å²) in [5.41, 5.74) is 0.939. The van der Waals surface area contributed by atoms with Gasteiger partial charge >= 0.3 is 5.97 Å². The topological polar surface area (TPSA) is 78.4 Å². The first-order valence-electron chi connectivity index (χ1n) is 6.59. The molecule has 19 heavy (non-hydrogen) atoms. The summed E-state index contributed by atoms with van der Waals surface area (Å²) in [6.07, 6.45) is 3.48. The van der Waals surface area contributed by atoms with Crippen molar-refractivity contribution in [1.29, 1.82) is 0 Å². The van der Waals surface area contributed by atoms with Crippen molar-refractivity contribution < 1.29 is 9.90 Å². The zero-order valence-corrected chi connectivity index (χ0v) is 11.3. The number of carboxylic acid groups (broad SMARTS) is 1. The average molecular weight is 264 g/mol. The summed E-state index contributed by atoms with van der Waals surface area (Å²) in [5, 5.41) is 12.2.